The molecule has 0 aromatic heterocycles. The van der Waals surface area contributed by atoms with Crippen LogP contribution in [0.15, 0.2) is 23.1 Å². The molecule has 0 fully saturated rings. The number of amides is 1. The molecule has 1 aromatic carbocycles. The first-order chi connectivity index (χ1) is 8.74. The lowest BCUT2D eigenvalue weighted by molar-refractivity contribution is -0.141. The molecule has 1 amide bonds. The van der Waals surface area contributed by atoms with Gasteiger partial charge in [0.1, 0.15) is 12.4 Å². The van der Waals surface area contributed by atoms with Crippen LogP contribution in [-0.4, -0.2) is 41.8 Å². The molecular weight excluding hydrogens is 286 g/mol. The number of hydrogen-bond acceptors (Lipinski definition) is 3. The van der Waals surface area contributed by atoms with Crippen LogP contribution < -0.4 is 0 Å². The SMILES string of the molecule is O=C(c1ccc(F)c(S)c1)N(CCO)CC(F)(F)F. The molecule has 0 aliphatic carbocycles. The Morgan fingerprint density at radius 2 is 2.00 bits per heavy atom. The number of hydrogen-bond donors (Lipinski definition) is 2. The molecule has 0 saturated heterocycles. The van der Waals surface area contributed by atoms with E-state index in [2.05, 4.69) is 12.6 Å². The van der Waals surface area contributed by atoms with Gasteiger partial charge in [-0.3, -0.25) is 4.79 Å². The standard InChI is InChI=1S/C11H11F4NO2S/c12-8-2-1-7(5-9(8)19)10(18)16(3-4-17)6-11(13,14)15/h1-2,5,17,19H,3-4,6H2. The van der Waals surface area contributed by atoms with Gasteiger partial charge in [0.25, 0.3) is 5.91 Å². The predicted molar refractivity (Wildman–Crippen MR) is 62.7 cm³/mol. The van der Waals surface area contributed by atoms with Crippen molar-refractivity contribution in [1.29, 1.82) is 0 Å². The monoisotopic (exact) mass is 297 g/mol. The van der Waals surface area contributed by atoms with Crippen LogP contribution in [0.4, 0.5) is 17.6 Å². The molecule has 0 radical (unpaired) electrons. The van der Waals surface area contributed by atoms with E-state index in [1.54, 1.807) is 0 Å². The average molecular weight is 297 g/mol. The largest absolute Gasteiger partial charge is 0.406 e. The second kappa shape index (κ2) is 6.25. The summed E-state index contributed by atoms with van der Waals surface area (Å²) < 4.78 is 49.9. The third-order valence-electron chi connectivity index (χ3n) is 2.22. The summed E-state index contributed by atoms with van der Waals surface area (Å²) in [6.07, 6.45) is -4.57. The Hall–Kier alpha value is -1.28. The number of halogens is 4. The van der Waals surface area contributed by atoms with Gasteiger partial charge in [-0.15, -0.1) is 12.6 Å². The Kier molecular flexibility index (Phi) is 5.19. The van der Waals surface area contributed by atoms with E-state index in [1.807, 2.05) is 0 Å². The smallest absolute Gasteiger partial charge is 0.395 e. The average Bonchev–Trinajstić information content (AvgIpc) is 2.29. The Morgan fingerprint density at radius 1 is 1.37 bits per heavy atom. The van der Waals surface area contributed by atoms with Crippen LogP contribution in [0.25, 0.3) is 0 Å². The summed E-state index contributed by atoms with van der Waals surface area (Å²) in [6, 6.07) is 3.06. The first-order valence-electron chi connectivity index (χ1n) is 5.20. The van der Waals surface area contributed by atoms with Gasteiger partial charge < -0.3 is 10.0 Å². The van der Waals surface area contributed by atoms with Crippen LogP contribution in [0.5, 0.6) is 0 Å². The summed E-state index contributed by atoms with van der Waals surface area (Å²) in [4.78, 5) is 12.1. The van der Waals surface area contributed by atoms with E-state index in [-0.39, 0.29) is 10.5 Å². The van der Waals surface area contributed by atoms with E-state index in [4.69, 9.17) is 5.11 Å². The Balaban J connectivity index is 2.95. The minimum atomic E-state index is -4.57. The minimum Gasteiger partial charge on any atom is -0.395 e. The van der Waals surface area contributed by atoms with E-state index in [9.17, 15) is 22.4 Å². The second-order valence-corrected chi connectivity index (χ2v) is 4.21. The molecule has 3 nitrogen and oxygen atoms in total. The maximum absolute atomic E-state index is 13.0. The lowest BCUT2D eigenvalue weighted by Gasteiger charge is -2.23. The van der Waals surface area contributed by atoms with Crippen LogP contribution >= 0.6 is 12.6 Å². The summed E-state index contributed by atoms with van der Waals surface area (Å²) in [6.45, 7) is -2.54. The Bertz CT molecular complexity index is 464. The molecule has 0 aliphatic rings. The van der Waals surface area contributed by atoms with E-state index < -0.39 is 37.6 Å². The third kappa shape index (κ3) is 4.71. The zero-order valence-electron chi connectivity index (χ0n) is 9.62. The number of aliphatic hydroxyl groups excluding tert-OH is 1. The number of carbonyl (C=O) groups is 1. The number of carbonyl (C=O) groups excluding carboxylic acids is 1. The molecule has 0 atom stereocenters. The second-order valence-electron chi connectivity index (χ2n) is 3.73. The minimum absolute atomic E-state index is 0.121. The van der Waals surface area contributed by atoms with Gasteiger partial charge in [-0.2, -0.15) is 13.2 Å². The molecule has 1 aromatic rings. The summed E-state index contributed by atoms with van der Waals surface area (Å²) in [5, 5.41) is 8.69. The van der Waals surface area contributed by atoms with E-state index in [0.717, 1.165) is 18.2 Å². The molecule has 0 saturated carbocycles. The van der Waals surface area contributed by atoms with Crippen LogP contribution in [0, 0.1) is 5.82 Å². The summed E-state index contributed by atoms with van der Waals surface area (Å²) in [5.74, 6) is -1.62. The molecule has 0 heterocycles. The fourth-order valence-corrected chi connectivity index (χ4v) is 1.63. The van der Waals surface area contributed by atoms with Crippen molar-refractivity contribution in [3.8, 4) is 0 Å². The molecule has 0 unspecified atom stereocenters. The molecule has 0 spiro atoms. The van der Waals surface area contributed by atoms with Crippen LogP contribution in [-0.2, 0) is 0 Å². The molecule has 1 N–H and O–H groups in total. The van der Waals surface area contributed by atoms with Crippen molar-refractivity contribution < 1.29 is 27.5 Å². The molecule has 0 bridgehead atoms. The van der Waals surface area contributed by atoms with E-state index in [1.165, 1.54) is 0 Å². The quantitative estimate of drug-likeness (QED) is 0.660. The number of benzene rings is 1. The normalized spacial score (nSPS) is 11.5. The van der Waals surface area contributed by atoms with Crippen molar-refractivity contribution in [2.75, 3.05) is 19.7 Å². The lowest BCUT2D eigenvalue weighted by atomic mass is 10.2. The van der Waals surface area contributed by atoms with Gasteiger partial charge in [0.05, 0.1) is 6.61 Å². The molecule has 1 rings (SSSR count). The number of nitrogens with zero attached hydrogens (tertiary/aromatic N) is 1. The predicted octanol–water partition coefficient (Wildman–Crippen LogP) is 2.11. The van der Waals surface area contributed by atoms with Gasteiger partial charge in [-0.25, -0.2) is 4.39 Å². The maximum atomic E-state index is 13.0. The van der Waals surface area contributed by atoms with Gasteiger partial charge in [0.15, 0.2) is 0 Å². The highest BCUT2D eigenvalue weighted by Crippen LogP contribution is 2.20. The number of alkyl halides is 3. The van der Waals surface area contributed by atoms with E-state index in [0.29, 0.717) is 4.90 Å². The number of rotatable bonds is 4. The highest BCUT2D eigenvalue weighted by atomic mass is 32.1. The highest BCUT2D eigenvalue weighted by molar-refractivity contribution is 7.80. The number of aliphatic hydroxyl groups is 1. The number of thiol groups is 1. The topological polar surface area (TPSA) is 40.5 Å². The first-order valence-corrected chi connectivity index (χ1v) is 5.64. The Labute approximate surface area is 112 Å². The van der Waals surface area contributed by atoms with Crippen molar-refractivity contribution >= 4 is 18.5 Å². The van der Waals surface area contributed by atoms with Crippen molar-refractivity contribution in [3.05, 3.63) is 29.6 Å². The van der Waals surface area contributed by atoms with Crippen LogP contribution in [0.2, 0.25) is 0 Å². The molecule has 19 heavy (non-hydrogen) atoms. The zero-order chi connectivity index (χ0) is 14.6. The van der Waals surface area contributed by atoms with Crippen molar-refractivity contribution in [2.45, 2.75) is 11.1 Å². The van der Waals surface area contributed by atoms with Gasteiger partial charge in [0, 0.05) is 17.0 Å². The molecule has 8 heteroatoms. The van der Waals surface area contributed by atoms with E-state index >= 15 is 0 Å². The van der Waals surface area contributed by atoms with Crippen LogP contribution in [0.1, 0.15) is 10.4 Å². The Morgan fingerprint density at radius 3 is 2.47 bits per heavy atom. The highest BCUT2D eigenvalue weighted by Gasteiger charge is 2.33. The molecule has 106 valence electrons. The summed E-state index contributed by atoms with van der Waals surface area (Å²) in [7, 11) is 0. The fourth-order valence-electron chi connectivity index (χ4n) is 1.42. The van der Waals surface area contributed by atoms with Gasteiger partial charge in [0.2, 0.25) is 0 Å². The van der Waals surface area contributed by atoms with Gasteiger partial charge in [-0.1, -0.05) is 0 Å². The van der Waals surface area contributed by atoms with Crippen molar-refractivity contribution in [2.24, 2.45) is 0 Å². The lowest BCUT2D eigenvalue weighted by Crippen LogP contribution is -2.40. The fraction of sp³-hybridized carbons (Fsp3) is 0.364. The first kappa shape index (κ1) is 15.8. The summed E-state index contributed by atoms with van der Waals surface area (Å²) in [5.41, 5.74) is -0.121. The zero-order valence-corrected chi connectivity index (χ0v) is 10.5. The third-order valence-corrected chi connectivity index (χ3v) is 2.56. The molecular formula is C11H11F4NO2S. The van der Waals surface area contributed by atoms with Gasteiger partial charge >= 0.3 is 6.18 Å². The van der Waals surface area contributed by atoms with Crippen molar-refractivity contribution in [1.82, 2.24) is 4.90 Å². The van der Waals surface area contributed by atoms with Gasteiger partial charge in [-0.05, 0) is 18.2 Å². The maximum Gasteiger partial charge on any atom is 0.406 e. The van der Waals surface area contributed by atoms with Crippen molar-refractivity contribution in [3.63, 3.8) is 0 Å². The summed E-state index contributed by atoms with van der Waals surface area (Å²) >= 11 is 3.75. The molecule has 0 aliphatic heterocycles. The van der Waals surface area contributed by atoms with Crippen LogP contribution in [0.3, 0.4) is 0 Å².